The number of nitrogens with one attached hydrogen (secondary N) is 1. The summed E-state index contributed by atoms with van der Waals surface area (Å²) in [6, 6.07) is 0.597. The minimum atomic E-state index is -1.05. The van der Waals surface area contributed by atoms with Gasteiger partial charge in [-0.05, 0) is 32.7 Å². The fourth-order valence-corrected chi connectivity index (χ4v) is 2.28. The Morgan fingerprint density at radius 2 is 2.32 bits per heavy atom. The van der Waals surface area contributed by atoms with Gasteiger partial charge in [-0.2, -0.15) is 0 Å². The van der Waals surface area contributed by atoms with Crippen LogP contribution in [0.2, 0.25) is 0 Å². The number of nitrogens with zero attached hydrogens (tertiary/aromatic N) is 3. The van der Waals surface area contributed by atoms with Gasteiger partial charge in [0, 0.05) is 19.1 Å². The van der Waals surface area contributed by atoms with E-state index in [-0.39, 0.29) is 5.69 Å². The Morgan fingerprint density at radius 1 is 1.53 bits per heavy atom. The lowest BCUT2D eigenvalue weighted by Gasteiger charge is -2.20. The van der Waals surface area contributed by atoms with Gasteiger partial charge >= 0.3 is 5.97 Å². The summed E-state index contributed by atoms with van der Waals surface area (Å²) in [5.74, 6) is 0.193. The molecule has 1 aliphatic heterocycles. The summed E-state index contributed by atoms with van der Waals surface area (Å²) in [6.45, 7) is 7.53. The molecular formula is C13H20N4O2. The number of carbonyl (C=O) groups is 1. The van der Waals surface area contributed by atoms with Crippen molar-refractivity contribution in [2.24, 2.45) is 5.92 Å². The van der Waals surface area contributed by atoms with Crippen molar-refractivity contribution in [3.05, 3.63) is 18.1 Å². The Bertz CT molecular complexity index is 433. The Labute approximate surface area is 112 Å². The smallest absolute Gasteiger partial charge is 0.356 e. The molecule has 1 saturated heterocycles. The molecular weight excluding hydrogens is 244 g/mol. The summed E-state index contributed by atoms with van der Waals surface area (Å²) in [4.78, 5) is 21.0. The van der Waals surface area contributed by atoms with E-state index >= 15 is 0 Å². The minimum absolute atomic E-state index is 0.0302. The molecule has 0 radical (unpaired) electrons. The highest BCUT2D eigenvalue weighted by atomic mass is 16.4. The first-order valence-electron chi connectivity index (χ1n) is 6.59. The molecule has 0 saturated carbocycles. The van der Waals surface area contributed by atoms with Crippen molar-refractivity contribution in [1.82, 2.24) is 14.9 Å². The topological polar surface area (TPSA) is 78.4 Å². The SMILES string of the molecule is CC(C)N1CCC(CNc2cnc(C(=O)O)cn2)C1. The van der Waals surface area contributed by atoms with Crippen LogP contribution in [0.3, 0.4) is 0 Å². The van der Waals surface area contributed by atoms with Gasteiger partial charge in [-0.25, -0.2) is 14.8 Å². The molecule has 6 nitrogen and oxygen atoms in total. The molecule has 104 valence electrons. The monoisotopic (exact) mass is 264 g/mol. The highest BCUT2D eigenvalue weighted by molar-refractivity contribution is 5.84. The Morgan fingerprint density at radius 3 is 2.84 bits per heavy atom. The van der Waals surface area contributed by atoms with Crippen LogP contribution in [0.1, 0.15) is 30.8 Å². The first kappa shape index (κ1) is 13.7. The molecule has 2 heterocycles. The second-order valence-corrected chi connectivity index (χ2v) is 5.22. The molecule has 1 fully saturated rings. The highest BCUT2D eigenvalue weighted by Crippen LogP contribution is 2.18. The summed E-state index contributed by atoms with van der Waals surface area (Å²) in [7, 11) is 0. The second-order valence-electron chi connectivity index (χ2n) is 5.22. The Hall–Kier alpha value is -1.69. The van der Waals surface area contributed by atoms with E-state index in [2.05, 4.69) is 34.0 Å². The van der Waals surface area contributed by atoms with Crippen molar-refractivity contribution in [3.8, 4) is 0 Å². The zero-order valence-corrected chi connectivity index (χ0v) is 11.3. The van der Waals surface area contributed by atoms with E-state index in [1.807, 2.05) is 0 Å². The van der Waals surface area contributed by atoms with E-state index in [0.29, 0.717) is 17.8 Å². The van der Waals surface area contributed by atoms with Crippen LogP contribution in [-0.4, -0.2) is 51.6 Å². The van der Waals surface area contributed by atoms with E-state index in [1.54, 1.807) is 0 Å². The third-order valence-electron chi connectivity index (χ3n) is 3.49. The van der Waals surface area contributed by atoms with E-state index in [9.17, 15) is 4.79 Å². The van der Waals surface area contributed by atoms with Gasteiger partial charge in [0.15, 0.2) is 5.69 Å². The molecule has 0 spiro atoms. The lowest BCUT2D eigenvalue weighted by Crippen LogP contribution is -2.29. The zero-order chi connectivity index (χ0) is 13.8. The predicted molar refractivity (Wildman–Crippen MR) is 72.3 cm³/mol. The van der Waals surface area contributed by atoms with Crippen LogP contribution in [0.25, 0.3) is 0 Å². The van der Waals surface area contributed by atoms with Crippen LogP contribution < -0.4 is 5.32 Å². The average Bonchev–Trinajstić information content (AvgIpc) is 2.86. The van der Waals surface area contributed by atoms with Gasteiger partial charge in [-0.15, -0.1) is 0 Å². The summed E-state index contributed by atoms with van der Waals surface area (Å²) >= 11 is 0. The lowest BCUT2D eigenvalue weighted by molar-refractivity contribution is 0.0690. The van der Waals surface area contributed by atoms with Crippen LogP contribution in [-0.2, 0) is 0 Å². The molecule has 6 heteroatoms. The maximum Gasteiger partial charge on any atom is 0.356 e. The maximum absolute atomic E-state index is 10.7. The van der Waals surface area contributed by atoms with Gasteiger partial charge in [0.1, 0.15) is 5.82 Å². The third-order valence-corrected chi connectivity index (χ3v) is 3.49. The van der Waals surface area contributed by atoms with Crippen molar-refractivity contribution in [2.45, 2.75) is 26.3 Å². The largest absolute Gasteiger partial charge is 0.476 e. The Kier molecular flexibility index (Phi) is 4.31. The molecule has 0 amide bonds. The molecule has 0 aliphatic carbocycles. The van der Waals surface area contributed by atoms with Crippen LogP contribution in [0.5, 0.6) is 0 Å². The summed E-state index contributed by atoms with van der Waals surface area (Å²) in [5, 5.41) is 11.9. The molecule has 2 rings (SSSR count). The summed E-state index contributed by atoms with van der Waals surface area (Å²) < 4.78 is 0. The molecule has 0 bridgehead atoms. The fraction of sp³-hybridized carbons (Fsp3) is 0.615. The molecule has 1 atom stereocenters. The van der Waals surface area contributed by atoms with E-state index in [0.717, 1.165) is 19.6 Å². The molecule has 2 N–H and O–H groups in total. The number of carboxylic acids is 1. The first-order valence-corrected chi connectivity index (χ1v) is 6.59. The molecule has 0 aromatic carbocycles. The number of rotatable bonds is 5. The number of carboxylic acid groups (broad SMARTS) is 1. The van der Waals surface area contributed by atoms with Gasteiger partial charge in [-0.1, -0.05) is 0 Å². The van der Waals surface area contributed by atoms with Crippen molar-refractivity contribution in [2.75, 3.05) is 25.0 Å². The summed E-state index contributed by atoms with van der Waals surface area (Å²) in [5.41, 5.74) is -0.0302. The average molecular weight is 264 g/mol. The number of hydrogen-bond donors (Lipinski definition) is 2. The quantitative estimate of drug-likeness (QED) is 0.835. The molecule has 19 heavy (non-hydrogen) atoms. The Balaban J connectivity index is 1.81. The number of aromatic carboxylic acids is 1. The van der Waals surface area contributed by atoms with Crippen LogP contribution in [0, 0.1) is 5.92 Å². The summed E-state index contributed by atoms with van der Waals surface area (Å²) in [6.07, 6.45) is 3.93. The van der Waals surface area contributed by atoms with Gasteiger partial charge < -0.3 is 15.3 Å². The molecule has 1 aliphatic rings. The van der Waals surface area contributed by atoms with Crippen LogP contribution >= 0.6 is 0 Å². The zero-order valence-electron chi connectivity index (χ0n) is 11.3. The number of aromatic nitrogens is 2. The standard InChI is InChI=1S/C13H20N4O2/c1-9(2)17-4-3-10(8-17)5-15-12-7-14-11(6-16-12)13(18)19/h6-7,9-10H,3-5,8H2,1-2H3,(H,15,16)(H,18,19). The van der Waals surface area contributed by atoms with Crippen LogP contribution in [0.4, 0.5) is 5.82 Å². The van der Waals surface area contributed by atoms with Gasteiger partial charge in [0.05, 0.1) is 12.4 Å². The van der Waals surface area contributed by atoms with Gasteiger partial charge in [0.25, 0.3) is 0 Å². The highest BCUT2D eigenvalue weighted by Gasteiger charge is 2.23. The van der Waals surface area contributed by atoms with Crippen LogP contribution in [0.15, 0.2) is 12.4 Å². The van der Waals surface area contributed by atoms with Crippen molar-refractivity contribution >= 4 is 11.8 Å². The van der Waals surface area contributed by atoms with E-state index in [1.165, 1.54) is 18.8 Å². The molecule has 1 aromatic rings. The van der Waals surface area contributed by atoms with Crippen molar-refractivity contribution < 1.29 is 9.90 Å². The number of anilines is 1. The van der Waals surface area contributed by atoms with Crippen molar-refractivity contribution in [1.29, 1.82) is 0 Å². The lowest BCUT2D eigenvalue weighted by atomic mass is 10.1. The molecule has 1 aromatic heterocycles. The number of hydrogen-bond acceptors (Lipinski definition) is 5. The third kappa shape index (κ3) is 3.64. The second kappa shape index (κ2) is 5.97. The maximum atomic E-state index is 10.7. The first-order chi connectivity index (χ1) is 9.06. The number of likely N-dealkylation sites (tertiary alicyclic amines) is 1. The van der Waals surface area contributed by atoms with Gasteiger partial charge in [0.2, 0.25) is 0 Å². The van der Waals surface area contributed by atoms with E-state index in [4.69, 9.17) is 5.11 Å². The fourth-order valence-electron chi connectivity index (χ4n) is 2.28. The minimum Gasteiger partial charge on any atom is -0.476 e. The van der Waals surface area contributed by atoms with Crippen molar-refractivity contribution in [3.63, 3.8) is 0 Å². The van der Waals surface area contributed by atoms with E-state index < -0.39 is 5.97 Å². The molecule has 1 unspecified atom stereocenters. The van der Waals surface area contributed by atoms with Gasteiger partial charge in [-0.3, -0.25) is 0 Å². The predicted octanol–water partition coefficient (Wildman–Crippen LogP) is 1.32. The normalized spacial score (nSPS) is 19.8.